The molecule has 1 aromatic heterocycles. The molecule has 0 aliphatic rings. The summed E-state index contributed by atoms with van der Waals surface area (Å²) in [6, 6.07) is 27.1. The molecule has 122 valence electrons. The van der Waals surface area contributed by atoms with Crippen LogP contribution >= 0.6 is 0 Å². The number of methoxy groups -OCH3 is 1. The van der Waals surface area contributed by atoms with Gasteiger partial charge in [0.05, 0.1) is 12.6 Å². The number of hydrogen-bond donors (Lipinski definition) is 0. The number of hydrogen-bond acceptors (Lipinski definition) is 2. The highest BCUT2D eigenvalue weighted by Crippen LogP contribution is 2.34. The molecule has 0 amide bonds. The molecule has 0 unspecified atom stereocenters. The second-order valence-electron chi connectivity index (χ2n) is 5.78. The first-order chi connectivity index (χ1) is 12.3. The highest BCUT2D eigenvalue weighted by atomic mass is 16.5. The van der Waals surface area contributed by atoms with Crippen molar-refractivity contribution in [2.24, 2.45) is 0 Å². The zero-order valence-corrected chi connectivity index (χ0v) is 13.8. The molecule has 0 saturated carbocycles. The van der Waals surface area contributed by atoms with Gasteiger partial charge in [-0.2, -0.15) is 0 Å². The third kappa shape index (κ3) is 2.60. The molecule has 3 aromatic carbocycles. The van der Waals surface area contributed by atoms with Crippen LogP contribution in [-0.4, -0.2) is 11.7 Å². The monoisotopic (exact) mass is 327 g/mol. The minimum Gasteiger partial charge on any atom is -0.496 e. The predicted octanol–water partition coefficient (Wildman–Crippen LogP) is 4.67. The summed E-state index contributed by atoms with van der Waals surface area (Å²) in [4.78, 5) is 12.9. The van der Waals surface area contributed by atoms with Crippen LogP contribution in [0.3, 0.4) is 0 Å². The van der Waals surface area contributed by atoms with E-state index in [1.165, 1.54) is 0 Å². The number of para-hydroxylation sites is 3. The number of aromatic nitrogens is 1. The second-order valence-corrected chi connectivity index (χ2v) is 5.78. The third-order valence-corrected chi connectivity index (χ3v) is 4.33. The Morgan fingerprint density at radius 1 is 0.760 bits per heavy atom. The Morgan fingerprint density at radius 3 is 2.24 bits per heavy atom. The minimum absolute atomic E-state index is 0.0641. The Kier molecular flexibility index (Phi) is 3.82. The molecular formula is C22H17NO2. The van der Waals surface area contributed by atoms with Gasteiger partial charge in [-0.3, -0.25) is 9.36 Å². The van der Waals surface area contributed by atoms with Crippen LogP contribution in [0.1, 0.15) is 0 Å². The summed E-state index contributed by atoms with van der Waals surface area (Å²) >= 11 is 0. The molecule has 4 aromatic rings. The summed E-state index contributed by atoms with van der Waals surface area (Å²) in [5, 5.41) is 1.01. The van der Waals surface area contributed by atoms with Gasteiger partial charge in [0.1, 0.15) is 5.75 Å². The molecule has 0 radical (unpaired) electrons. The molecule has 0 spiro atoms. The summed E-state index contributed by atoms with van der Waals surface area (Å²) < 4.78 is 7.24. The van der Waals surface area contributed by atoms with Crippen molar-refractivity contribution in [3.8, 4) is 22.6 Å². The Hall–Kier alpha value is -3.33. The van der Waals surface area contributed by atoms with E-state index in [1.54, 1.807) is 17.7 Å². The maximum absolute atomic E-state index is 12.9. The maximum Gasteiger partial charge on any atom is 0.256 e. The highest BCUT2D eigenvalue weighted by molar-refractivity contribution is 5.96. The summed E-state index contributed by atoms with van der Waals surface area (Å²) in [5.41, 5.74) is 3.46. The number of ether oxygens (including phenoxy) is 1. The van der Waals surface area contributed by atoms with Crippen LogP contribution in [0, 0.1) is 0 Å². The van der Waals surface area contributed by atoms with Crippen LogP contribution in [0.2, 0.25) is 0 Å². The van der Waals surface area contributed by atoms with Crippen molar-refractivity contribution < 1.29 is 4.74 Å². The summed E-state index contributed by atoms with van der Waals surface area (Å²) in [6.07, 6.45) is 0. The number of fused-ring (bicyclic) bond motifs is 1. The van der Waals surface area contributed by atoms with Crippen LogP contribution in [-0.2, 0) is 0 Å². The second kappa shape index (κ2) is 6.29. The van der Waals surface area contributed by atoms with Gasteiger partial charge in [-0.15, -0.1) is 0 Å². The number of pyridine rings is 1. The zero-order valence-electron chi connectivity index (χ0n) is 13.8. The van der Waals surface area contributed by atoms with Gasteiger partial charge in [-0.1, -0.05) is 54.6 Å². The highest BCUT2D eigenvalue weighted by Gasteiger charge is 2.14. The number of nitrogens with zero attached hydrogens (tertiary/aromatic N) is 1. The lowest BCUT2D eigenvalue weighted by Crippen LogP contribution is -2.18. The van der Waals surface area contributed by atoms with Crippen molar-refractivity contribution in [3.63, 3.8) is 0 Å². The normalized spacial score (nSPS) is 10.8. The summed E-state index contributed by atoms with van der Waals surface area (Å²) in [7, 11) is 1.65. The SMILES string of the molecule is COc1ccccc1-c1cc(=O)n(-c2ccccc2)c2ccccc12. The van der Waals surface area contributed by atoms with Crippen LogP contribution in [0.25, 0.3) is 27.7 Å². The van der Waals surface area contributed by atoms with Gasteiger partial charge in [0, 0.05) is 28.3 Å². The van der Waals surface area contributed by atoms with E-state index in [9.17, 15) is 4.79 Å². The van der Waals surface area contributed by atoms with E-state index in [4.69, 9.17) is 4.74 Å². The molecule has 0 aliphatic heterocycles. The summed E-state index contributed by atoms with van der Waals surface area (Å²) in [5.74, 6) is 0.754. The molecule has 0 aliphatic carbocycles. The first kappa shape index (κ1) is 15.2. The van der Waals surface area contributed by atoms with Crippen molar-refractivity contribution in [1.82, 2.24) is 4.57 Å². The van der Waals surface area contributed by atoms with Gasteiger partial charge in [0.2, 0.25) is 0 Å². The van der Waals surface area contributed by atoms with Gasteiger partial charge >= 0.3 is 0 Å². The molecule has 3 nitrogen and oxygen atoms in total. The Bertz CT molecular complexity index is 1100. The zero-order chi connectivity index (χ0) is 17.2. The fourth-order valence-electron chi connectivity index (χ4n) is 3.21. The van der Waals surface area contributed by atoms with Crippen molar-refractivity contribution in [3.05, 3.63) is 95.3 Å². The molecule has 0 fully saturated rings. The topological polar surface area (TPSA) is 31.2 Å². The number of benzene rings is 3. The van der Waals surface area contributed by atoms with Crippen LogP contribution < -0.4 is 10.3 Å². The first-order valence-corrected chi connectivity index (χ1v) is 8.13. The Morgan fingerprint density at radius 2 is 1.44 bits per heavy atom. The van der Waals surface area contributed by atoms with Crippen molar-refractivity contribution in [2.45, 2.75) is 0 Å². The summed E-state index contributed by atoms with van der Waals surface area (Å²) in [6.45, 7) is 0. The number of rotatable bonds is 3. The van der Waals surface area contributed by atoms with E-state index in [1.807, 2.05) is 78.9 Å². The van der Waals surface area contributed by atoms with Crippen LogP contribution in [0.15, 0.2) is 89.7 Å². The van der Waals surface area contributed by atoms with E-state index >= 15 is 0 Å². The van der Waals surface area contributed by atoms with Gasteiger partial charge in [0.25, 0.3) is 5.56 Å². The molecular weight excluding hydrogens is 310 g/mol. The van der Waals surface area contributed by atoms with Crippen molar-refractivity contribution in [1.29, 1.82) is 0 Å². The van der Waals surface area contributed by atoms with Gasteiger partial charge < -0.3 is 4.74 Å². The molecule has 0 saturated heterocycles. The molecule has 0 bridgehead atoms. The van der Waals surface area contributed by atoms with E-state index in [-0.39, 0.29) is 5.56 Å². The Balaban J connectivity index is 2.09. The smallest absolute Gasteiger partial charge is 0.256 e. The Labute approximate surface area is 145 Å². The van der Waals surface area contributed by atoms with Crippen LogP contribution in [0.4, 0.5) is 0 Å². The van der Waals surface area contributed by atoms with E-state index in [2.05, 4.69) is 0 Å². The van der Waals surface area contributed by atoms with Gasteiger partial charge in [-0.25, -0.2) is 0 Å². The molecule has 0 atom stereocenters. The lowest BCUT2D eigenvalue weighted by Gasteiger charge is -2.15. The van der Waals surface area contributed by atoms with Gasteiger partial charge in [-0.05, 0) is 24.3 Å². The fourth-order valence-corrected chi connectivity index (χ4v) is 3.21. The minimum atomic E-state index is -0.0641. The largest absolute Gasteiger partial charge is 0.496 e. The van der Waals surface area contributed by atoms with E-state index < -0.39 is 0 Å². The van der Waals surface area contributed by atoms with E-state index in [0.717, 1.165) is 33.5 Å². The molecule has 3 heteroatoms. The molecule has 1 heterocycles. The third-order valence-electron chi connectivity index (χ3n) is 4.33. The predicted molar refractivity (Wildman–Crippen MR) is 102 cm³/mol. The average molecular weight is 327 g/mol. The average Bonchev–Trinajstić information content (AvgIpc) is 2.68. The van der Waals surface area contributed by atoms with Crippen molar-refractivity contribution in [2.75, 3.05) is 7.11 Å². The molecule has 4 rings (SSSR count). The molecule has 25 heavy (non-hydrogen) atoms. The fraction of sp³-hybridized carbons (Fsp3) is 0.0455. The van der Waals surface area contributed by atoms with Gasteiger partial charge in [0.15, 0.2) is 0 Å². The quantitative estimate of drug-likeness (QED) is 0.548. The lowest BCUT2D eigenvalue weighted by atomic mass is 10.00. The van der Waals surface area contributed by atoms with Crippen molar-refractivity contribution >= 4 is 10.9 Å². The lowest BCUT2D eigenvalue weighted by molar-refractivity contribution is 0.416. The maximum atomic E-state index is 12.9. The van der Waals surface area contributed by atoms with Crippen LogP contribution in [0.5, 0.6) is 5.75 Å². The van der Waals surface area contributed by atoms with E-state index in [0.29, 0.717) is 0 Å². The first-order valence-electron chi connectivity index (χ1n) is 8.13. The molecule has 0 N–H and O–H groups in total. The standard InChI is InChI=1S/C22H17NO2/c1-25-21-14-8-6-12-18(21)19-15-22(24)23(16-9-3-2-4-10-16)20-13-7-5-11-17(19)20/h2-15H,1H3.